The number of hydrogen-bond donors (Lipinski definition) is 0. The van der Waals surface area contributed by atoms with Crippen LogP contribution in [0.3, 0.4) is 0 Å². The number of nitrogens with zero attached hydrogens (tertiary/aromatic N) is 1. The number of halogens is 3. The highest BCUT2D eigenvalue weighted by Gasteiger charge is 2.32. The van der Waals surface area contributed by atoms with Crippen LogP contribution in [0.5, 0.6) is 5.75 Å². The van der Waals surface area contributed by atoms with E-state index in [1.54, 1.807) is 29.2 Å². The Morgan fingerprint density at radius 2 is 1.57 bits per heavy atom. The highest BCUT2D eigenvalue weighted by Crippen LogP contribution is 2.31. The Labute approximate surface area is 212 Å². The van der Waals surface area contributed by atoms with Crippen molar-refractivity contribution in [2.45, 2.75) is 30.6 Å². The van der Waals surface area contributed by atoms with Crippen molar-refractivity contribution < 1.29 is 35.0 Å². The second-order valence-corrected chi connectivity index (χ2v) is 9.75. The fourth-order valence-corrected chi connectivity index (χ4v) is 4.59. The Morgan fingerprint density at radius 3 is 2.27 bits per heavy atom. The first kappa shape index (κ1) is 26.0. The summed E-state index contributed by atoms with van der Waals surface area (Å²) in [6.07, 6.45) is -3.04. The van der Waals surface area contributed by atoms with Gasteiger partial charge < -0.3 is 13.5 Å². The lowest BCUT2D eigenvalue weighted by Crippen LogP contribution is -2.31. The summed E-state index contributed by atoms with van der Waals surface area (Å²) in [6.45, 7) is 0.305. The molecule has 192 valence electrons. The van der Waals surface area contributed by atoms with Gasteiger partial charge >= 0.3 is 16.3 Å². The van der Waals surface area contributed by atoms with Gasteiger partial charge in [-0.15, -0.1) is 0 Å². The molecule has 0 aliphatic carbocycles. The van der Waals surface area contributed by atoms with Crippen molar-refractivity contribution in [3.05, 3.63) is 120 Å². The summed E-state index contributed by atoms with van der Waals surface area (Å²) in [6, 6.07) is 22.0. The van der Waals surface area contributed by atoms with Crippen molar-refractivity contribution >= 4 is 16.0 Å². The smallest absolute Gasteiger partial charge is 0.416 e. The molecular weight excluding hydrogens is 507 g/mol. The van der Waals surface area contributed by atoms with E-state index in [4.69, 9.17) is 8.60 Å². The van der Waals surface area contributed by atoms with Crippen LogP contribution in [0, 0.1) is 0 Å². The maximum absolute atomic E-state index is 13.1. The van der Waals surface area contributed by atoms with E-state index < -0.39 is 26.8 Å². The molecule has 6 nitrogen and oxygen atoms in total. The predicted molar refractivity (Wildman–Crippen MR) is 129 cm³/mol. The molecule has 1 aromatic heterocycles. The van der Waals surface area contributed by atoms with Crippen LogP contribution in [0.15, 0.2) is 107 Å². The molecule has 0 spiro atoms. The van der Waals surface area contributed by atoms with E-state index in [0.717, 1.165) is 23.8 Å². The van der Waals surface area contributed by atoms with E-state index in [1.165, 1.54) is 18.4 Å². The summed E-state index contributed by atoms with van der Waals surface area (Å²) in [5.41, 5.74) is 0.294. The van der Waals surface area contributed by atoms with Crippen molar-refractivity contribution in [3.63, 3.8) is 0 Å². The Balaban J connectivity index is 1.54. The fourth-order valence-electron chi connectivity index (χ4n) is 3.62. The molecule has 10 heteroatoms. The zero-order valence-electron chi connectivity index (χ0n) is 19.4. The standard InChI is InChI=1S/C27H22F3NO5S/c28-27(29,30)22-10-5-13-25(17-22)37(33,34)36-23-11-4-9-21(15-23)18-31(19-24-12-6-14-35-24)26(32)16-20-7-2-1-3-8-20/h1-15,17H,16,18-19H2. The number of hydrogen-bond acceptors (Lipinski definition) is 5. The maximum Gasteiger partial charge on any atom is 0.416 e. The summed E-state index contributed by atoms with van der Waals surface area (Å²) in [7, 11) is -4.53. The predicted octanol–water partition coefficient (Wildman–Crippen LogP) is 5.84. The highest BCUT2D eigenvalue weighted by molar-refractivity contribution is 7.87. The first-order valence-electron chi connectivity index (χ1n) is 11.1. The van der Waals surface area contributed by atoms with Crippen molar-refractivity contribution in [2.75, 3.05) is 0 Å². The maximum atomic E-state index is 13.1. The van der Waals surface area contributed by atoms with Crippen LogP contribution in [0.1, 0.15) is 22.5 Å². The van der Waals surface area contributed by atoms with Gasteiger partial charge in [-0.05, 0) is 53.6 Å². The Morgan fingerprint density at radius 1 is 0.838 bits per heavy atom. The molecule has 0 aliphatic rings. The molecule has 0 fully saturated rings. The molecule has 0 atom stereocenters. The monoisotopic (exact) mass is 529 g/mol. The number of benzene rings is 3. The molecular formula is C27H22F3NO5S. The van der Waals surface area contributed by atoms with Gasteiger partial charge in [0.15, 0.2) is 0 Å². The van der Waals surface area contributed by atoms with E-state index in [0.29, 0.717) is 17.4 Å². The van der Waals surface area contributed by atoms with Gasteiger partial charge in [-0.1, -0.05) is 48.5 Å². The van der Waals surface area contributed by atoms with Gasteiger partial charge in [-0.25, -0.2) is 0 Å². The van der Waals surface area contributed by atoms with Crippen LogP contribution in [0.2, 0.25) is 0 Å². The van der Waals surface area contributed by atoms with Gasteiger partial charge in [0.1, 0.15) is 16.4 Å². The second-order valence-electron chi connectivity index (χ2n) is 8.20. The van der Waals surface area contributed by atoms with Crippen molar-refractivity contribution in [3.8, 4) is 5.75 Å². The molecule has 0 N–H and O–H groups in total. The van der Waals surface area contributed by atoms with E-state index in [9.17, 15) is 26.4 Å². The minimum Gasteiger partial charge on any atom is -0.467 e. The zero-order valence-corrected chi connectivity index (χ0v) is 20.2. The van der Waals surface area contributed by atoms with Crippen LogP contribution < -0.4 is 4.18 Å². The third-order valence-electron chi connectivity index (χ3n) is 5.41. The van der Waals surface area contributed by atoms with Crippen LogP contribution in [-0.4, -0.2) is 19.2 Å². The molecule has 0 unspecified atom stereocenters. The van der Waals surface area contributed by atoms with Gasteiger partial charge in [0, 0.05) is 6.54 Å². The number of furan rings is 1. The van der Waals surface area contributed by atoms with Gasteiger partial charge in [0.05, 0.1) is 24.8 Å². The normalized spacial score (nSPS) is 11.8. The molecule has 37 heavy (non-hydrogen) atoms. The minimum absolute atomic E-state index is 0.0941. The Bertz CT molecular complexity index is 1450. The number of amides is 1. The average Bonchev–Trinajstić information content (AvgIpc) is 3.37. The quantitative estimate of drug-likeness (QED) is 0.255. The molecule has 0 saturated carbocycles. The summed E-state index contributed by atoms with van der Waals surface area (Å²) in [4.78, 5) is 14.1. The van der Waals surface area contributed by atoms with E-state index >= 15 is 0 Å². The molecule has 0 aliphatic heterocycles. The molecule has 1 heterocycles. The molecule has 4 rings (SSSR count). The number of carbonyl (C=O) groups is 1. The topological polar surface area (TPSA) is 76.8 Å². The third-order valence-corrected chi connectivity index (χ3v) is 6.65. The van der Waals surface area contributed by atoms with Crippen LogP contribution in [-0.2, 0) is 40.6 Å². The SMILES string of the molecule is O=C(Cc1ccccc1)N(Cc1cccc(OS(=O)(=O)c2cccc(C(F)(F)F)c2)c1)Cc1ccco1. The van der Waals surface area contributed by atoms with Gasteiger partial charge in [-0.2, -0.15) is 21.6 Å². The highest BCUT2D eigenvalue weighted by atomic mass is 32.2. The number of alkyl halides is 3. The van der Waals surface area contributed by atoms with Gasteiger partial charge in [-0.3, -0.25) is 4.79 Å². The lowest BCUT2D eigenvalue weighted by Gasteiger charge is -2.22. The van der Waals surface area contributed by atoms with E-state index in [1.807, 2.05) is 30.3 Å². The van der Waals surface area contributed by atoms with E-state index in [2.05, 4.69) is 0 Å². The molecule has 4 aromatic rings. The molecule has 3 aromatic carbocycles. The summed E-state index contributed by atoms with van der Waals surface area (Å²) in [5.74, 6) is 0.301. The zero-order chi connectivity index (χ0) is 26.5. The third kappa shape index (κ3) is 7.01. The number of rotatable bonds is 9. The van der Waals surface area contributed by atoms with Crippen molar-refractivity contribution in [2.24, 2.45) is 0 Å². The molecule has 0 saturated heterocycles. The first-order valence-corrected chi connectivity index (χ1v) is 12.6. The lowest BCUT2D eigenvalue weighted by molar-refractivity contribution is -0.137. The second kappa shape index (κ2) is 10.9. The minimum atomic E-state index is -4.70. The summed E-state index contributed by atoms with van der Waals surface area (Å²) in [5, 5.41) is 0. The largest absolute Gasteiger partial charge is 0.467 e. The average molecular weight is 530 g/mol. The molecule has 0 radical (unpaired) electrons. The van der Waals surface area contributed by atoms with Crippen molar-refractivity contribution in [1.29, 1.82) is 0 Å². The summed E-state index contributed by atoms with van der Waals surface area (Å²) < 4.78 is 74.9. The van der Waals surface area contributed by atoms with Crippen LogP contribution in [0.25, 0.3) is 0 Å². The Hall–Kier alpha value is -4.05. The fraction of sp³-hybridized carbons (Fsp3) is 0.148. The summed E-state index contributed by atoms with van der Waals surface area (Å²) >= 11 is 0. The van der Waals surface area contributed by atoms with Crippen LogP contribution in [0.4, 0.5) is 13.2 Å². The molecule has 1 amide bonds. The van der Waals surface area contributed by atoms with Gasteiger partial charge in [0.25, 0.3) is 0 Å². The van der Waals surface area contributed by atoms with Gasteiger partial charge in [0.2, 0.25) is 5.91 Å². The lowest BCUT2D eigenvalue weighted by atomic mass is 10.1. The number of carbonyl (C=O) groups excluding carboxylic acids is 1. The molecule has 0 bridgehead atoms. The first-order chi connectivity index (χ1) is 17.6. The van der Waals surface area contributed by atoms with Crippen LogP contribution >= 0.6 is 0 Å². The van der Waals surface area contributed by atoms with E-state index in [-0.39, 0.29) is 31.2 Å². The van der Waals surface area contributed by atoms with Crippen molar-refractivity contribution in [1.82, 2.24) is 4.90 Å². The Kier molecular flexibility index (Phi) is 7.68.